The summed E-state index contributed by atoms with van der Waals surface area (Å²) in [6, 6.07) is 29.0. The van der Waals surface area contributed by atoms with Gasteiger partial charge in [0, 0.05) is 22.5 Å². The molecule has 0 bridgehead atoms. The van der Waals surface area contributed by atoms with Crippen LogP contribution in [0.5, 0.6) is 0 Å². The van der Waals surface area contributed by atoms with Crippen LogP contribution < -0.4 is 0 Å². The largest absolute Gasteiger partial charge is 0.298 e. The molecule has 0 spiro atoms. The number of para-hydroxylation sites is 2. The number of aromatic nitrogens is 8. The molecule has 0 saturated carbocycles. The van der Waals surface area contributed by atoms with Crippen LogP contribution in [-0.2, 0) is 10.8 Å². The Hall–Kier alpha value is -5.76. The molecule has 0 unspecified atom stereocenters. The van der Waals surface area contributed by atoms with E-state index in [0.29, 0.717) is 22.7 Å². The van der Waals surface area contributed by atoms with Crippen molar-refractivity contribution >= 4 is 33.1 Å². The minimum Gasteiger partial charge on any atom is -0.298 e. The Morgan fingerprint density at radius 3 is 1.21 bits per heavy atom. The highest BCUT2D eigenvalue weighted by atomic mass is 15.1. The van der Waals surface area contributed by atoms with E-state index >= 15 is 0 Å². The first-order valence-electron chi connectivity index (χ1n) is 16.2. The lowest BCUT2D eigenvalue weighted by atomic mass is 9.82. The highest BCUT2D eigenvalue weighted by molar-refractivity contribution is 5.96. The van der Waals surface area contributed by atoms with Gasteiger partial charge in [0.25, 0.3) is 0 Å². The Morgan fingerprint density at radius 1 is 0.438 bits per heavy atom. The van der Waals surface area contributed by atoms with Crippen LogP contribution in [0.4, 0.5) is 0 Å². The van der Waals surface area contributed by atoms with Crippen LogP contribution in [0.25, 0.3) is 67.3 Å². The van der Waals surface area contributed by atoms with Gasteiger partial charge >= 0.3 is 0 Å². The van der Waals surface area contributed by atoms with E-state index in [1.807, 2.05) is 61.4 Å². The second kappa shape index (κ2) is 10.9. The first kappa shape index (κ1) is 29.6. The van der Waals surface area contributed by atoms with E-state index in [1.165, 1.54) is 0 Å². The molecule has 0 aliphatic rings. The van der Waals surface area contributed by atoms with Crippen molar-refractivity contribution in [1.29, 1.82) is 0 Å². The van der Waals surface area contributed by atoms with Gasteiger partial charge in [0.1, 0.15) is 23.7 Å². The molecule has 48 heavy (non-hydrogen) atoms. The average molecular weight is 629 g/mol. The third kappa shape index (κ3) is 4.92. The molecule has 4 heterocycles. The van der Waals surface area contributed by atoms with Crippen molar-refractivity contribution in [2.45, 2.75) is 52.4 Å². The van der Waals surface area contributed by atoms with Crippen LogP contribution >= 0.6 is 0 Å². The normalized spacial score (nSPS) is 12.4. The van der Waals surface area contributed by atoms with Crippen molar-refractivity contribution in [1.82, 2.24) is 39.0 Å². The maximum Gasteiger partial charge on any atom is 0.162 e. The molecule has 0 N–H and O–H groups in total. The minimum atomic E-state index is -0.169. The number of benzene rings is 4. The molecule has 0 atom stereocenters. The minimum absolute atomic E-state index is 0.169. The molecule has 0 saturated heterocycles. The SMILES string of the molecule is CC(C)(C)c1ccc2ncn(-c3ccccc3)c2c1-c1ncc2nc(-c3c(C(C)(C)C)ccc4ncn(-c5ccccc5)c34)ncc2n1. The molecule has 8 rings (SSSR count). The lowest BCUT2D eigenvalue weighted by molar-refractivity contribution is 0.591. The predicted octanol–water partition coefficient (Wildman–Crippen LogP) is 9.03. The zero-order valence-corrected chi connectivity index (χ0v) is 28.0. The van der Waals surface area contributed by atoms with Gasteiger partial charge < -0.3 is 0 Å². The molecular formula is C40H36N8. The molecule has 4 aromatic heterocycles. The molecule has 8 heteroatoms. The number of hydrogen-bond acceptors (Lipinski definition) is 6. The third-order valence-electron chi connectivity index (χ3n) is 8.88. The zero-order chi connectivity index (χ0) is 33.2. The number of nitrogens with zero attached hydrogens (tertiary/aromatic N) is 8. The fraction of sp³-hybridized carbons (Fsp3) is 0.200. The summed E-state index contributed by atoms with van der Waals surface area (Å²) in [5, 5.41) is 0. The Bertz CT molecular complexity index is 2290. The quantitative estimate of drug-likeness (QED) is 0.193. The van der Waals surface area contributed by atoms with Gasteiger partial charge in [0.05, 0.1) is 34.5 Å². The van der Waals surface area contributed by atoms with Gasteiger partial charge in [-0.1, -0.05) is 90.1 Å². The van der Waals surface area contributed by atoms with E-state index in [0.717, 1.165) is 55.7 Å². The standard InChI is InChI=1S/C40H36N8/c1-39(2,3)27-17-19-29-35(47(23-43-29)25-13-9-7-10-14-25)33(27)37-41-21-32-31(45-37)22-42-38(46-32)34-28(40(4,5)6)18-20-30-36(34)48(24-44-30)26-15-11-8-12-16-26/h7-24H,1-6H3. The fourth-order valence-corrected chi connectivity index (χ4v) is 6.56. The maximum atomic E-state index is 5.11. The van der Waals surface area contributed by atoms with Gasteiger partial charge in [0.15, 0.2) is 11.6 Å². The summed E-state index contributed by atoms with van der Waals surface area (Å²) in [4.78, 5) is 29.7. The van der Waals surface area contributed by atoms with Crippen LogP contribution in [0.1, 0.15) is 52.7 Å². The maximum absolute atomic E-state index is 5.11. The van der Waals surface area contributed by atoms with Gasteiger partial charge in [-0.25, -0.2) is 29.9 Å². The molecule has 0 amide bonds. The van der Waals surface area contributed by atoms with Crippen molar-refractivity contribution < 1.29 is 0 Å². The van der Waals surface area contributed by atoms with Crippen LogP contribution in [0.3, 0.4) is 0 Å². The smallest absolute Gasteiger partial charge is 0.162 e. The Balaban J connectivity index is 1.34. The number of rotatable bonds is 4. The van der Waals surface area contributed by atoms with E-state index in [-0.39, 0.29) is 10.8 Å². The Labute approximate surface area is 279 Å². The van der Waals surface area contributed by atoms with Crippen molar-refractivity contribution in [3.8, 4) is 34.2 Å². The molecule has 0 fully saturated rings. The predicted molar refractivity (Wildman–Crippen MR) is 193 cm³/mol. The van der Waals surface area contributed by atoms with Crippen LogP contribution in [0.15, 0.2) is 110 Å². The Kier molecular flexibility index (Phi) is 6.73. The number of hydrogen-bond donors (Lipinski definition) is 0. The molecule has 0 radical (unpaired) electrons. The summed E-state index contributed by atoms with van der Waals surface area (Å²) >= 11 is 0. The third-order valence-corrected chi connectivity index (χ3v) is 8.88. The van der Waals surface area contributed by atoms with Crippen LogP contribution in [0.2, 0.25) is 0 Å². The van der Waals surface area contributed by atoms with Crippen LogP contribution in [0, 0.1) is 0 Å². The van der Waals surface area contributed by atoms with E-state index < -0.39 is 0 Å². The molecule has 236 valence electrons. The topological polar surface area (TPSA) is 87.2 Å². The lowest BCUT2D eigenvalue weighted by Crippen LogP contribution is -2.15. The van der Waals surface area contributed by atoms with Crippen molar-refractivity contribution in [2.75, 3.05) is 0 Å². The molecule has 4 aromatic carbocycles. The molecule has 0 aliphatic heterocycles. The zero-order valence-electron chi connectivity index (χ0n) is 28.0. The first-order valence-corrected chi connectivity index (χ1v) is 16.2. The first-order chi connectivity index (χ1) is 23.1. The van der Waals surface area contributed by atoms with Gasteiger partial charge in [0.2, 0.25) is 0 Å². The van der Waals surface area contributed by atoms with Crippen molar-refractivity contribution in [3.63, 3.8) is 0 Å². The molecule has 0 aliphatic carbocycles. The second-order valence-corrected chi connectivity index (χ2v) is 14.3. The van der Waals surface area contributed by atoms with Gasteiger partial charge in [-0.2, -0.15) is 0 Å². The summed E-state index contributed by atoms with van der Waals surface area (Å²) < 4.78 is 4.25. The summed E-state index contributed by atoms with van der Waals surface area (Å²) in [7, 11) is 0. The van der Waals surface area contributed by atoms with Gasteiger partial charge in [-0.3, -0.25) is 9.13 Å². The van der Waals surface area contributed by atoms with Crippen LogP contribution in [-0.4, -0.2) is 39.0 Å². The molecule has 8 aromatic rings. The van der Waals surface area contributed by atoms with E-state index in [9.17, 15) is 0 Å². The summed E-state index contributed by atoms with van der Waals surface area (Å²) in [5.41, 5.74) is 11.0. The van der Waals surface area contributed by atoms with Gasteiger partial charge in [-0.05, 0) is 58.4 Å². The van der Waals surface area contributed by atoms with E-state index in [1.54, 1.807) is 0 Å². The number of fused-ring (bicyclic) bond motifs is 3. The summed E-state index contributed by atoms with van der Waals surface area (Å²) in [6.45, 7) is 13.3. The lowest BCUT2D eigenvalue weighted by Gasteiger charge is -2.24. The van der Waals surface area contributed by atoms with E-state index in [4.69, 9.17) is 29.9 Å². The molecular weight excluding hydrogens is 592 g/mol. The highest BCUT2D eigenvalue weighted by Crippen LogP contribution is 2.40. The Morgan fingerprint density at radius 2 is 0.833 bits per heavy atom. The average Bonchev–Trinajstić information content (AvgIpc) is 3.72. The second-order valence-electron chi connectivity index (χ2n) is 14.3. The summed E-state index contributed by atoms with van der Waals surface area (Å²) in [5.74, 6) is 1.23. The van der Waals surface area contributed by atoms with E-state index in [2.05, 4.69) is 99.2 Å². The highest BCUT2D eigenvalue weighted by Gasteiger charge is 2.27. The molecule has 8 nitrogen and oxygen atoms in total. The van der Waals surface area contributed by atoms with Crippen molar-refractivity contribution in [2.24, 2.45) is 0 Å². The van der Waals surface area contributed by atoms with Crippen molar-refractivity contribution in [3.05, 3.63) is 121 Å². The monoisotopic (exact) mass is 628 g/mol. The summed E-state index contributed by atoms with van der Waals surface area (Å²) in [6.07, 6.45) is 7.39. The fourth-order valence-electron chi connectivity index (χ4n) is 6.56. The number of imidazole rings is 2. The van der Waals surface area contributed by atoms with Gasteiger partial charge in [-0.15, -0.1) is 0 Å².